The Labute approximate surface area is 141 Å². The molecule has 0 spiro atoms. The zero-order valence-electron chi connectivity index (χ0n) is 13.3. The van der Waals surface area contributed by atoms with Crippen molar-refractivity contribution in [3.63, 3.8) is 0 Å². The molecule has 0 saturated heterocycles. The number of rotatable bonds is 5. The van der Waals surface area contributed by atoms with Crippen LogP contribution in [0.2, 0.25) is 5.02 Å². The van der Waals surface area contributed by atoms with Gasteiger partial charge in [-0.25, -0.2) is 0 Å². The first-order valence-corrected chi connectivity index (χ1v) is 8.35. The molecule has 23 heavy (non-hydrogen) atoms. The molecular weight excluding hydrogens is 316 g/mol. The molecule has 0 aromatic heterocycles. The summed E-state index contributed by atoms with van der Waals surface area (Å²) in [6.07, 6.45) is 4.48. The summed E-state index contributed by atoms with van der Waals surface area (Å²) in [4.78, 5) is 24.2. The van der Waals surface area contributed by atoms with Gasteiger partial charge in [-0.3, -0.25) is 9.59 Å². The lowest BCUT2D eigenvalue weighted by molar-refractivity contribution is -0.124. The molecule has 0 bridgehead atoms. The topological polar surface area (TPSA) is 78.4 Å². The van der Waals surface area contributed by atoms with Gasteiger partial charge in [0.1, 0.15) is 6.04 Å². The van der Waals surface area contributed by atoms with E-state index in [1.165, 1.54) is 0 Å². The van der Waals surface area contributed by atoms with Gasteiger partial charge in [0.25, 0.3) is 5.91 Å². The van der Waals surface area contributed by atoms with Gasteiger partial charge in [0.15, 0.2) is 0 Å². The van der Waals surface area contributed by atoms with E-state index in [-0.39, 0.29) is 12.5 Å². The van der Waals surface area contributed by atoms with Crippen LogP contribution >= 0.6 is 11.6 Å². The minimum atomic E-state index is -0.819. The van der Waals surface area contributed by atoms with E-state index in [9.17, 15) is 14.7 Å². The van der Waals surface area contributed by atoms with Gasteiger partial charge in [0, 0.05) is 6.54 Å². The average molecular weight is 339 g/mol. The summed E-state index contributed by atoms with van der Waals surface area (Å²) in [7, 11) is 0. The quantitative estimate of drug-likeness (QED) is 0.770. The van der Waals surface area contributed by atoms with Crippen LogP contribution in [0.5, 0.6) is 0 Å². The highest BCUT2D eigenvalue weighted by Crippen LogP contribution is 2.27. The molecule has 3 N–H and O–H groups in total. The van der Waals surface area contributed by atoms with Crippen molar-refractivity contribution >= 4 is 23.4 Å². The first-order chi connectivity index (χ1) is 10.9. The molecule has 1 aliphatic carbocycles. The third kappa shape index (κ3) is 4.94. The maximum absolute atomic E-state index is 12.1. The van der Waals surface area contributed by atoms with Crippen LogP contribution in [0.1, 0.15) is 49.4 Å². The fourth-order valence-corrected chi connectivity index (χ4v) is 3.00. The number of amides is 2. The van der Waals surface area contributed by atoms with Crippen molar-refractivity contribution in [1.82, 2.24) is 10.6 Å². The van der Waals surface area contributed by atoms with Crippen LogP contribution in [-0.2, 0) is 4.79 Å². The molecule has 1 aliphatic rings. The summed E-state index contributed by atoms with van der Waals surface area (Å²) in [6.45, 7) is 1.83. The molecule has 2 rings (SSSR count). The summed E-state index contributed by atoms with van der Waals surface area (Å²) < 4.78 is 0. The fourth-order valence-electron chi connectivity index (χ4n) is 2.78. The molecule has 0 heterocycles. The van der Waals surface area contributed by atoms with E-state index >= 15 is 0 Å². The number of carbonyl (C=O) groups is 2. The summed E-state index contributed by atoms with van der Waals surface area (Å²) >= 11 is 5.97. The highest BCUT2D eigenvalue weighted by Gasteiger charge is 2.30. The van der Waals surface area contributed by atoms with Crippen molar-refractivity contribution in [2.45, 2.75) is 50.7 Å². The van der Waals surface area contributed by atoms with Crippen LogP contribution in [0.25, 0.3) is 0 Å². The smallest absolute Gasteiger partial charge is 0.253 e. The van der Waals surface area contributed by atoms with Crippen molar-refractivity contribution < 1.29 is 14.7 Å². The number of hydrogen-bond acceptors (Lipinski definition) is 3. The zero-order chi connectivity index (χ0) is 16.9. The Balaban J connectivity index is 1.85. The third-order valence-electron chi connectivity index (χ3n) is 4.24. The van der Waals surface area contributed by atoms with Gasteiger partial charge >= 0.3 is 0 Å². The van der Waals surface area contributed by atoms with E-state index in [2.05, 4.69) is 10.6 Å². The highest BCUT2D eigenvalue weighted by molar-refractivity contribution is 6.33. The number of aliphatic hydroxyl groups is 1. The van der Waals surface area contributed by atoms with Gasteiger partial charge in [-0.1, -0.05) is 43.0 Å². The van der Waals surface area contributed by atoms with E-state index in [0.29, 0.717) is 23.4 Å². The van der Waals surface area contributed by atoms with Crippen molar-refractivity contribution in [2.75, 3.05) is 6.54 Å². The van der Waals surface area contributed by atoms with Gasteiger partial charge in [0.2, 0.25) is 5.91 Å². The molecule has 1 fully saturated rings. The molecular formula is C17H23ClN2O3. The lowest BCUT2D eigenvalue weighted by Crippen LogP contribution is -2.50. The number of benzene rings is 1. The molecule has 5 nitrogen and oxygen atoms in total. The predicted molar refractivity (Wildman–Crippen MR) is 89.4 cm³/mol. The molecule has 0 aliphatic heterocycles. The summed E-state index contributed by atoms with van der Waals surface area (Å²) in [5.41, 5.74) is -0.486. The van der Waals surface area contributed by atoms with Crippen molar-refractivity contribution in [3.05, 3.63) is 34.9 Å². The predicted octanol–water partition coefficient (Wildman–Crippen LogP) is 2.27. The van der Waals surface area contributed by atoms with E-state index in [1.807, 2.05) is 0 Å². The van der Waals surface area contributed by atoms with Crippen LogP contribution in [0.15, 0.2) is 24.3 Å². The van der Waals surface area contributed by atoms with Gasteiger partial charge in [0.05, 0.1) is 16.2 Å². The second kappa shape index (κ2) is 7.79. The van der Waals surface area contributed by atoms with E-state index in [1.54, 1.807) is 31.2 Å². The first kappa shape index (κ1) is 17.8. The fraction of sp³-hybridized carbons (Fsp3) is 0.529. The van der Waals surface area contributed by atoms with Crippen molar-refractivity contribution in [2.24, 2.45) is 0 Å². The molecule has 2 amide bonds. The number of nitrogens with one attached hydrogen (secondary N) is 2. The van der Waals surface area contributed by atoms with Crippen LogP contribution in [0.4, 0.5) is 0 Å². The van der Waals surface area contributed by atoms with Gasteiger partial charge in [-0.15, -0.1) is 0 Å². The molecule has 0 radical (unpaired) electrons. The Bertz CT molecular complexity index is 571. The molecule has 1 atom stereocenters. The Morgan fingerprint density at radius 3 is 2.57 bits per heavy atom. The number of halogens is 1. The largest absolute Gasteiger partial charge is 0.388 e. The standard InChI is InChI=1S/C17H23ClN2O3/c1-12(20-16(22)13-7-3-4-8-14(13)18)15(21)19-11-17(23)9-5-2-6-10-17/h3-4,7-8,12,23H,2,5-6,9-11H2,1H3,(H,19,21)(H,20,22). The Kier molecular flexibility index (Phi) is 6.02. The summed E-state index contributed by atoms with van der Waals surface area (Å²) in [6, 6.07) is 5.97. The minimum absolute atomic E-state index is 0.220. The molecule has 1 aromatic rings. The summed E-state index contributed by atoms with van der Waals surface area (Å²) in [5.74, 6) is -0.709. The number of hydrogen-bond donors (Lipinski definition) is 3. The lowest BCUT2D eigenvalue weighted by Gasteiger charge is -2.32. The molecule has 6 heteroatoms. The normalized spacial score (nSPS) is 18.0. The SMILES string of the molecule is CC(NC(=O)c1ccccc1Cl)C(=O)NCC1(O)CCCCC1. The molecule has 1 unspecified atom stereocenters. The summed E-state index contributed by atoms with van der Waals surface area (Å²) in [5, 5.41) is 16.1. The number of carbonyl (C=O) groups excluding carboxylic acids is 2. The maximum atomic E-state index is 12.1. The van der Waals surface area contributed by atoms with Gasteiger partial charge in [-0.05, 0) is 31.9 Å². The van der Waals surface area contributed by atoms with E-state index < -0.39 is 17.6 Å². The Morgan fingerprint density at radius 2 is 1.91 bits per heavy atom. The highest BCUT2D eigenvalue weighted by atomic mass is 35.5. The Hall–Kier alpha value is -1.59. The third-order valence-corrected chi connectivity index (χ3v) is 4.56. The monoisotopic (exact) mass is 338 g/mol. The molecule has 1 saturated carbocycles. The van der Waals surface area contributed by atoms with E-state index in [4.69, 9.17) is 11.6 Å². The van der Waals surface area contributed by atoms with E-state index in [0.717, 1.165) is 19.3 Å². The van der Waals surface area contributed by atoms with Gasteiger partial charge in [-0.2, -0.15) is 0 Å². The Morgan fingerprint density at radius 1 is 1.26 bits per heavy atom. The average Bonchev–Trinajstić information content (AvgIpc) is 2.53. The minimum Gasteiger partial charge on any atom is -0.388 e. The van der Waals surface area contributed by atoms with Crippen LogP contribution < -0.4 is 10.6 Å². The first-order valence-electron chi connectivity index (χ1n) is 7.97. The van der Waals surface area contributed by atoms with Gasteiger partial charge < -0.3 is 15.7 Å². The lowest BCUT2D eigenvalue weighted by atomic mass is 9.85. The van der Waals surface area contributed by atoms with Crippen molar-refractivity contribution in [3.8, 4) is 0 Å². The van der Waals surface area contributed by atoms with Crippen LogP contribution in [-0.4, -0.2) is 35.1 Å². The molecule has 126 valence electrons. The zero-order valence-corrected chi connectivity index (χ0v) is 14.0. The second-order valence-corrected chi connectivity index (χ2v) is 6.59. The molecule has 1 aromatic carbocycles. The van der Waals surface area contributed by atoms with Crippen molar-refractivity contribution in [1.29, 1.82) is 0 Å². The van der Waals surface area contributed by atoms with Crippen LogP contribution in [0.3, 0.4) is 0 Å². The maximum Gasteiger partial charge on any atom is 0.253 e. The second-order valence-electron chi connectivity index (χ2n) is 6.18. The van der Waals surface area contributed by atoms with Crippen LogP contribution in [0, 0.1) is 0 Å².